The first-order valence-corrected chi connectivity index (χ1v) is 5.52. The van der Waals surface area contributed by atoms with Crippen molar-refractivity contribution in [3.8, 4) is 0 Å². The van der Waals surface area contributed by atoms with Gasteiger partial charge in [0.25, 0.3) is 10.1 Å². The Kier molecular flexibility index (Phi) is 3.09. The van der Waals surface area contributed by atoms with E-state index in [9.17, 15) is 8.42 Å². The van der Waals surface area contributed by atoms with E-state index in [1.165, 1.54) is 0 Å². The number of hydrogen-bond acceptors (Lipinski definition) is 2. The highest BCUT2D eigenvalue weighted by Crippen LogP contribution is 2.32. The van der Waals surface area contributed by atoms with Crippen LogP contribution < -0.4 is 0 Å². The van der Waals surface area contributed by atoms with Gasteiger partial charge in [-0.05, 0) is 12.1 Å². The number of benzene rings is 1. The molecular formula is C6H3Cl3O3S. The van der Waals surface area contributed by atoms with Gasteiger partial charge in [-0.2, -0.15) is 8.42 Å². The lowest BCUT2D eigenvalue weighted by atomic mass is 10.4. The zero-order chi connectivity index (χ0) is 10.2. The molecule has 0 atom stereocenters. The molecule has 0 bridgehead atoms. The number of halogens is 3. The van der Waals surface area contributed by atoms with Crippen molar-refractivity contribution in [3.05, 3.63) is 27.2 Å². The summed E-state index contributed by atoms with van der Waals surface area (Å²) in [5.41, 5.74) is 0. The molecule has 0 aliphatic carbocycles. The van der Waals surface area contributed by atoms with Crippen LogP contribution in [0.3, 0.4) is 0 Å². The topological polar surface area (TPSA) is 54.4 Å². The zero-order valence-electron chi connectivity index (χ0n) is 5.96. The van der Waals surface area contributed by atoms with E-state index < -0.39 is 10.1 Å². The van der Waals surface area contributed by atoms with Gasteiger partial charge in [-0.1, -0.05) is 34.8 Å². The molecule has 0 aliphatic heterocycles. The van der Waals surface area contributed by atoms with Crippen LogP contribution in [-0.4, -0.2) is 13.0 Å². The molecule has 1 aromatic rings. The zero-order valence-corrected chi connectivity index (χ0v) is 9.04. The Labute approximate surface area is 90.0 Å². The van der Waals surface area contributed by atoms with E-state index in [0.717, 1.165) is 12.1 Å². The van der Waals surface area contributed by atoms with Crippen molar-refractivity contribution in [2.75, 3.05) is 0 Å². The van der Waals surface area contributed by atoms with Crippen LogP contribution >= 0.6 is 34.8 Å². The highest BCUT2D eigenvalue weighted by molar-refractivity contribution is 7.85. The second-order valence-electron chi connectivity index (χ2n) is 2.18. The molecule has 0 fully saturated rings. The molecule has 0 aliphatic rings. The van der Waals surface area contributed by atoms with Gasteiger partial charge in [0.1, 0.15) is 0 Å². The van der Waals surface area contributed by atoms with Crippen LogP contribution in [0.4, 0.5) is 0 Å². The first kappa shape index (κ1) is 11.1. The summed E-state index contributed by atoms with van der Waals surface area (Å²) in [7, 11) is -4.29. The third kappa shape index (κ3) is 2.48. The van der Waals surface area contributed by atoms with Gasteiger partial charge in [0.15, 0.2) is 0 Å². The Morgan fingerprint density at radius 1 is 1.08 bits per heavy atom. The van der Waals surface area contributed by atoms with Gasteiger partial charge in [0.05, 0.1) is 20.0 Å². The molecule has 0 radical (unpaired) electrons. The van der Waals surface area contributed by atoms with Crippen molar-refractivity contribution < 1.29 is 13.0 Å². The van der Waals surface area contributed by atoms with E-state index in [4.69, 9.17) is 39.4 Å². The Balaban J connectivity index is 3.47. The van der Waals surface area contributed by atoms with Crippen LogP contribution in [0.2, 0.25) is 15.1 Å². The molecule has 1 N–H and O–H groups in total. The Morgan fingerprint density at radius 3 is 1.77 bits per heavy atom. The van der Waals surface area contributed by atoms with E-state index in [2.05, 4.69) is 0 Å². The lowest BCUT2D eigenvalue weighted by Crippen LogP contribution is -1.97. The Hall–Kier alpha value is -0.000000000000000167. The predicted molar refractivity (Wildman–Crippen MR) is 51.3 cm³/mol. The normalized spacial score (nSPS) is 11.7. The molecule has 0 heterocycles. The van der Waals surface area contributed by atoms with Gasteiger partial charge in [-0.15, -0.1) is 0 Å². The largest absolute Gasteiger partial charge is 0.294 e. The standard InChI is InChI=1S/C6H3Cl3O3S/c7-4-1-3(13(10,11)12)2-5(8)6(4)9/h1-2H,(H,10,11,12). The maximum atomic E-state index is 10.6. The van der Waals surface area contributed by atoms with Crippen molar-refractivity contribution in [1.29, 1.82) is 0 Å². The first-order chi connectivity index (χ1) is 5.82. The average Bonchev–Trinajstić information content (AvgIpc) is 1.97. The Morgan fingerprint density at radius 2 is 1.46 bits per heavy atom. The molecule has 3 nitrogen and oxygen atoms in total. The summed E-state index contributed by atoms with van der Waals surface area (Å²) < 4.78 is 29.9. The molecule has 72 valence electrons. The third-order valence-electron chi connectivity index (χ3n) is 1.26. The minimum absolute atomic E-state index is 0.0261. The summed E-state index contributed by atoms with van der Waals surface area (Å²) in [4.78, 5) is -0.382. The van der Waals surface area contributed by atoms with E-state index in [0.29, 0.717) is 0 Å². The molecule has 0 saturated carbocycles. The smallest absolute Gasteiger partial charge is 0.282 e. The van der Waals surface area contributed by atoms with Crippen LogP contribution in [0.25, 0.3) is 0 Å². The first-order valence-electron chi connectivity index (χ1n) is 2.94. The number of hydrogen-bond donors (Lipinski definition) is 1. The van der Waals surface area contributed by atoms with Gasteiger partial charge in [-0.25, -0.2) is 0 Å². The van der Waals surface area contributed by atoms with E-state index in [-0.39, 0.29) is 20.0 Å². The maximum Gasteiger partial charge on any atom is 0.294 e. The summed E-state index contributed by atoms with van der Waals surface area (Å²) in [6, 6.07) is 2.04. The summed E-state index contributed by atoms with van der Waals surface area (Å²) in [5.74, 6) is 0. The van der Waals surface area contributed by atoms with Gasteiger partial charge < -0.3 is 0 Å². The highest BCUT2D eigenvalue weighted by atomic mass is 35.5. The fourth-order valence-corrected chi connectivity index (χ4v) is 1.94. The van der Waals surface area contributed by atoms with Crippen molar-refractivity contribution in [2.24, 2.45) is 0 Å². The molecule has 0 saturated heterocycles. The lowest BCUT2D eigenvalue weighted by Gasteiger charge is -2.01. The van der Waals surface area contributed by atoms with Crippen molar-refractivity contribution in [3.63, 3.8) is 0 Å². The van der Waals surface area contributed by atoms with Crippen LogP contribution in [0.1, 0.15) is 0 Å². The molecule has 0 unspecified atom stereocenters. The van der Waals surface area contributed by atoms with Crippen molar-refractivity contribution in [2.45, 2.75) is 4.90 Å². The van der Waals surface area contributed by atoms with E-state index in [1.807, 2.05) is 0 Å². The number of rotatable bonds is 1. The second-order valence-corrected chi connectivity index (χ2v) is 4.79. The van der Waals surface area contributed by atoms with E-state index in [1.54, 1.807) is 0 Å². The molecule has 0 aromatic heterocycles. The van der Waals surface area contributed by atoms with E-state index >= 15 is 0 Å². The highest BCUT2D eigenvalue weighted by Gasteiger charge is 2.14. The van der Waals surface area contributed by atoms with Crippen molar-refractivity contribution >= 4 is 44.9 Å². The van der Waals surface area contributed by atoms with Crippen LogP contribution in [0.15, 0.2) is 17.0 Å². The van der Waals surface area contributed by atoms with Gasteiger partial charge in [0.2, 0.25) is 0 Å². The van der Waals surface area contributed by atoms with Gasteiger partial charge in [-0.3, -0.25) is 4.55 Å². The summed E-state index contributed by atoms with van der Waals surface area (Å²) in [6.07, 6.45) is 0. The summed E-state index contributed by atoms with van der Waals surface area (Å²) >= 11 is 16.6. The molecule has 1 aromatic carbocycles. The SMILES string of the molecule is O=S(=O)(O)c1cc(Cl)c(Cl)c(Cl)c1. The van der Waals surface area contributed by atoms with Crippen molar-refractivity contribution in [1.82, 2.24) is 0 Å². The monoisotopic (exact) mass is 260 g/mol. The fraction of sp³-hybridized carbons (Fsp3) is 0. The Bertz CT molecular complexity index is 417. The molecule has 13 heavy (non-hydrogen) atoms. The minimum atomic E-state index is -4.29. The minimum Gasteiger partial charge on any atom is -0.282 e. The maximum absolute atomic E-state index is 10.6. The molecular weight excluding hydrogens is 258 g/mol. The molecule has 7 heteroatoms. The molecule has 0 amide bonds. The van der Waals surface area contributed by atoms with Crippen LogP contribution in [-0.2, 0) is 10.1 Å². The van der Waals surface area contributed by atoms with Gasteiger partial charge >= 0.3 is 0 Å². The quantitative estimate of drug-likeness (QED) is 0.625. The van der Waals surface area contributed by atoms with Crippen LogP contribution in [0, 0.1) is 0 Å². The second kappa shape index (κ2) is 3.63. The molecule has 1 rings (SSSR count). The van der Waals surface area contributed by atoms with Crippen LogP contribution in [0.5, 0.6) is 0 Å². The summed E-state index contributed by atoms with van der Waals surface area (Å²) in [6.45, 7) is 0. The van der Waals surface area contributed by atoms with Gasteiger partial charge in [0, 0.05) is 0 Å². The molecule has 0 spiro atoms. The summed E-state index contributed by atoms with van der Waals surface area (Å²) in [5, 5.41) is -0.000633. The predicted octanol–water partition coefficient (Wildman–Crippen LogP) is 2.89. The third-order valence-corrected chi connectivity index (χ3v) is 3.28. The lowest BCUT2D eigenvalue weighted by molar-refractivity contribution is 0.483. The fourth-order valence-electron chi connectivity index (χ4n) is 0.681. The average molecular weight is 262 g/mol.